The molecule has 0 radical (unpaired) electrons. The summed E-state index contributed by atoms with van der Waals surface area (Å²) in [5.41, 5.74) is 0. The number of likely N-dealkylation sites (N-methyl/N-ethyl adjacent to an activating group) is 1. The summed E-state index contributed by atoms with van der Waals surface area (Å²) in [5, 5.41) is 3.40. The van der Waals surface area contributed by atoms with Crippen LogP contribution in [0.4, 0.5) is 0 Å². The van der Waals surface area contributed by atoms with E-state index in [1.807, 2.05) is 11.9 Å². The van der Waals surface area contributed by atoms with Gasteiger partial charge < -0.3 is 15.0 Å². The third-order valence-corrected chi connectivity index (χ3v) is 3.78. The molecular weight excluding hydrogens is 216 g/mol. The first-order valence-electron chi connectivity index (χ1n) is 6.81. The zero-order valence-electron chi connectivity index (χ0n) is 10.8. The molecule has 1 atom stereocenters. The molecule has 98 valence electrons. The Labute approximate surface area is 104 Å². The molecular formula is C13H24N2O2. The number of rotatable bonds is 6. The predicted octanol–water partition coefficient (Wildman–Crippen LogP) is 1.01. The van der Waals surface area contributed by atoms with E-state index in [2.05, 4.69) is 5.32 Å². The van der Waals surface area contributed by atoms with Crippen LogP contribution >= 0.6 is 0 Å². The molecule has 1 aliphatic heterocycles. The average molecular weight is 240 g/mol. The molecule has 1 heterocycles. The molecule has 1 amide bonds. The minimum atomic E-state index is 0.134. The summed E-state index contributed by atoms with van der Waals surface area (Å²) in [6.07, 6.45) is 5.97. The minimum absolute atomic E-state index is 0.134. The second-order valence-corrected chi connectivity index (χ2v) is 5.29. The Hall–Kier alpha value is -0.610. The monoisotopic (exact) mass is 240 g/mol. The normalized spacial score (nSPS) is 24.6. The smallest absolute Gasteiger partial charge is 0.248 e. The fourth-order valence-electron chi connectivity index (χ4n) is 2.35. The molecule has 4 nitrogen and oxygen atoms in total. The summed E-state index contributed by atoms with van der Waals surface area (Å²) in [4.78, 5) is 13.5. The Balaban J connectivity index is 1.51. The van der Waals surface area contributed by atoms with Gasteiger partial charge in [-0.05, 0) is 51.1 Å². The molecule has 1 saturated heterocycles. The van der Waals surface area contributed by atoms with Crippen molar-refractivity contribution in [2.75, 3.05) is 33.4 Å². The molecule has 0 aromatic rings. The predicted molar refractivity (Wildman–Crippen MR) is 66.8 cm³/mol. The summed E-state index contributed by atoms with van der Waals surface area (Å²) >= 11 is 0. The van der Waals surface area contributed by atoms with Gasteiger partial charge in [-0.3, -0.25) is 4.79 Å². The fourth-order valence-corrected chi connectivity index (χ4v) is 2.35. The van der Waals surface area contributed by atoms with Gasteiger partial charge in [-0.2, -0.15) is 0 Å². The minimum Gasteiger partial charge on any atom is -0.372 e. The standard InChI is InChI=1S/C13H24N2O2/c1-15(12-4-5-12)13(16)10-17-8-6-11-3-2-7-14-9-11/h11-12,14H,2-10H2,1H3. The number of ether oxygens (including phenoxy) is 1. The van der Waals surface area contributed by atoms with Gasteiger partial charge in [0.15, 0.2) is 0 Å². The Kier molecular flexibility index (Phi) is 4.80. The topological polar surface area (TPSA) is 41.6 Å². The second kappa shape index (κ2) is 6.36. The highest BCUT2D eigenvalue weighted by molar-refractivity contribution is 5.77. The highest BCUT2D eigenvalue weighted by atomic mass is 16.5. The van der Waals surface area contributed by atoms with E-state index < -0.39 is 0 Å². The molecule has 1 N–H and O–H groups in total. The lowest BCUT2D eigenvalue weighted by molar-refractivity contribution is -0.135. The first-order chi connectivity index (χ1) is 8.27. The van der Waals surface area contributed by atoms with E-state index in [1.54, 1.807) is 0 Å². The van der Waals surface area contributed by atoms with Crippen molar-refractivity contribution in [2.45, 2.75) is 38.1 Å². The SMILES string of the molecule is CN(C(=O)COCCC1CCCNC1)C1CC1. The van der Waals surface area contributed by atoms with E-state index in [0.717, 1.165) is 44.9 Å². The number of amides is 1. The Morgan fingerprint density at radius 2 is 2.24 bits per heavy atom. The molecule has 2 rings (SSSR count). The van der Waals surface area contributed by atoms with Crippen LogP contribution in [0.2, 0.25) is 0 Å². The maximum atomic E-state index is 11.7. The largest absolute Gasteiger partial charge is 0.372 e. The maximum absolute atomic E-state index is 11.7. The number of hydrogen-bond donors (Lipinski definition) is 1. The van der Waals surface area contributed by atoms with Crippen molar-refractivity contribution in [3.8, 4) is 0 Å². The lowest BCUT2D eigenvalue weighted by Gasteiger charge is -2.22. The molecule has 0 bridgehead atoms. The zero-order valence-corrected chi connectivity index (χ0v) is 10.8. The van der Waals surface area contributed by atoms with Crippen molar-refractivity contribution in [3.05, 3.63) is 0 Å². The summed E-state index contributed by atoms with van der Waals surface area (Å²) in [5.74, 6) is 0.870. The molecule has 17 heavy (non-hydrogen) atoms. The third kappa shape index (κ3) is 4.28. The average Bonchev–Trinajstić information content (AvgIpc) is 3.19. The number of piperidine rings is 1. The number of nitrogens with zero attached hydrogens (tertiary/aromatic N) is 1. The van der Waals surface area contributed by atoms with Gasteiger partial charge in [0.25, 0.3) is 0 Å². The van der Waals surface area contributed by atoms with Crippen molar-refractivity contribution in [3.63, 3.8) is 0 Å². The molecule has 0 aromatic carbocycles. The van der Waals surface area contributed by atoms with Crippen LogP contribution in [-0.4, -0.2) is 50.2 Å². The van der Waals surface area contributed by atoms with Gasteiger partial charge in [0.2, 0.25) is 5.91 Å². The van der Waals surface area contributed by atoms with Gasteiger partial charge in [0.05, 0.1) is 0 Å². The van der Waals surface area contributed by atoms with Gasteiger partial charge in [-0.25, -0.2) is 0 Å². The van der Waals surface area contributed by atoms with Gasteiger partial charge in [-0.15, -0.1) is 0 Å². The lowest BCUT2D eigenvalue weighted by atomic mass is 9.97. The molecule has 1 unspecified atom stereocenters. The van der Waals surface area contributed by atoms with Gasteiger partial charge in [0.1, 0.15) is 6.61 Å². The molecule has 1 saturated carbocycles. The van der Waals surface area contributed by atoms with Crippen LogP contribution in [0.15, 0.2) is 0 Å². The summed E-state index contributed by atoms with van der Waals surface area (Å²) < 4.78 is 5.48. The van der Waals surface area contributed by atoms with Crippen LogP contribution in [0, 0.1) is 5.92 Å². The van der Waals surface area contributed by atoms with Gasteiger partial charge in [-0.1, -0.05) is 0 Å². The molecule has 2 aliphatic rings. The van der Waals surface area contributed by atoms with E-state index in [9.17, 15) is 4.79 Å². The third-order valence-electron chi connectivity index (χ3n) is 3.78. The Bertz CT molecular complexity index is 248. The molecule has 0 spiro atoms. The maximum Gasteiger partial charge on any atom is 0.248 e. The van der Waals surface area contributed by atoms with Crippen LogP contribution in [0.5, 0.6) is 0 Å². The van der Waals surface area contributed by atoms with E-state index in [4.69, 9.17) is 4.74 Å². The molecule has 4 heteroatoms. The Morgan fingerprint density at radius 3 is 2.88 bits per heavy atom. The quantitative estimate of drug-likeness (QED) is 0.705. The summed E-state index contributed by atoms with van der Waals surface area (Å²) in [7, 11) is 1.88. The van der Waals surface area contributed by atoms with Crippen LogP contribution in [-0.2, 0) is 9.53 Å². The molecule has 2 fully saturated rings. The Morgan fingerprint density at radius 1 is 1.41 bits per heavy atom. The fraction of sp³-hybridized carbons (Fsp3) is 0.923. The van der Waals surface area contributed by atoms with Crippen LogP contribution in [0.1, 0.15) is 32.1 Å². The van der Waals surface area contributed by atoms with Crippen molar-refractivity contribution < 1.29 is 9.53 Å². The highest BCUT2D eigenvalue weighted by Crippen LogP contribution is 2.25. The van der Waals surface area contributed by atoms with Crippen LogP contribution in [0.3, 0.4) is 0 Å². The second-order valence-electron chi connectivity index (χ2n) is 5.29. The van der Waals surface area contributed by atoms with Crippen molar-refractivity contribution >= 4 is 5.91 Å². The summed E-state index contributed by atoms with van der Waals surface area (Å²) in [6.45, 7) is 3.24. The van der Waals surface area contributed by atoms with Crippen LogP contribution in [0.25, 0.3) is 0 Å². The first-order valence-corrected chi connectivity index (χ1v) is 6.81. The molecule has 1 aliphatic carbocycles. The van der Waals surface area contributed by atoms with E-state index in [-0.39, 0.29) is 12.5 Å². The van der Waals surface area contributed by atoms with E-state index in [1.165, 1.54) is 12.8 Å². The lowest BCUT2D eigenvalue weighted by Crippen LogP contribution is -2.33. The van der Waals surface area contributed by atoms with E-state index >= 15 is 0 Å². The number of nitrogens with one attached hydrogen (secondary N) is 1. The van der Waals surface area contributed by atoms with Gasteiger partial charge >= 0.3 is 0 Å². The van der Waals surface area contributed by atoms with Crippen molar-refractivity contribution in [2.24, 2.45) is 5.92 Å². The van der Waals surface area contributed by atoms with Crippen molar-refractivity contribution in [1.82, 2.24) is 10.2 Å². The van der Waals surface area contributed by atoms with Crippen molar-refractivity contribution in [1.29, 1.82) is 0 Å². The number of carbonyl (C=O) groups excluding carboxylic acids is 1. The first kappa shape index (κ1) is 12.8. The zero-order chi connectivity index (χ0) is 12.1. The van der Waals surface area contributed by atoms with Crippen LogP contribution < -0.4 is 5.32 Å². The van der Waals surface area contributed by atoms with Gasteiger partial charge in [0, 0.05) is 19.7 Å². The summed E-state index contributed by atoms with van der Waals surface area (Å²) in [6, 6.07) is 0.494. The van der Waals surface area contributed by atoms with E-state index in [0.29, 0.717) is 6.04 Å². The number of hydrogen-bond acceptors (Lipinski definition) is 3. The number of carbonyl (C=O) groups is 1. The molecule has 0 aromatic heterocycles. The highest BCUT2D eigenvalue weighted by Gasteiger charge is 2.29.